The molecule has 14 heavy (non-hydrogen) atoms. The lowest BCUT2D eigenvalue weighted by atomic mass is 10.0. The van der Waals surface area contributed by atoms with E-state index >= 15 is 0 Å². The Morgan fingerprint density at radius 2 is 2.71 bits per heavy atom. The van der Waals surface area contributed by atoms with Gasteiger partial charge in [0.1, 0.15) is 11.9 Å². The molecule has 1 saturated heterocycles. The van der Waals surface area contributed by atoms with Gasteiger partial charge in [0.2, 0.25) is 5.13 Å². The van der Waals surface area contributed by atoms with Crippen LogP contribution in [-0.4, -0.2) is 41.8 Å². The first kappa shape index (κ1) is 9.82. The van der Waals surface area contributed by atoms with E-state index in [9.17, 15) is 0 Å². The van der Waals surface area contributed by atoms with Crippen LogP contribution in [0.15, 0.2) is 6.33 Å². The lowest BCUT2D eigenvalue weighted by molar-refractivity contribution is -0.00620. The Balaban J connectivity index is 1.89. The molecule has 1 N–H and O–H groups in total. The molecule has 78 valence electrons. The molecule has 5 nitrogen and oxygen atoms in total. The summed E-state index contributed by atoms with van der Waals surface area (Å²) in [5.74, 6) is 0. The van der Waals surface area contributed by atoms with Gasteiger partial charge in [-0.15, -0.1) is 0 Å². The average molecular weight is 215 g/mol. The molecule has 0 amide bonds. The number of anilines is 1. The quantitative estimate of drug-likeness (QED) is 0.803. The summed E-state index contributed by atoms with van der Waals surface area (Å²) >= 11 is 1.35. The van der Waals surface area contributed by atoms with E-state index in [2.05, 4.69) is 14.7 Å². The maximum Gasteiger partial charge on any atom is 0.202 e. The average Bonchev–Trinajstić information content (AvgIpc) is 2.87. The summed E-state index contributed by atoms with van der Waals surface area (Å²) < 4.78 is 14.7. The van der Waals surface area contributed by atoms with Gasteiger partial charge in [-0.1, -0.05) is 0 Å². The van der Waals surface area contributed by atoms with Gasteiger partial charge in [0.25, 0.3) is 0 Å². The highest BCUT2D eigenvalue weighted by molar-refractivity contribution is 7.09. The second-order valence-corrected chi connectivity index (χ2v) is 4.07. The smallest absolute Gasteiger partial charge is 0.202 e. The highest BCUT2D eigenvalue weighted by atomic mass is 32.1. The SMILES string of the molecule is COC1(CNc2ncns2)CCOC1. The molecule has 0 aliphatic carbocycles. The molecule has 0 radical (unpaired) electrons. The van der Waals surface area contributed by atoms with Crippen molar-refractivity contribution in [2.75, 3.05) is 32.2 Å². The minimum Gasteiger partial charge on any atom is -0.378 e. The lowest BCUT2D eigenvalue weighted by Crippen LogP contribution is -2.39. The molecule has 0 spiro atoms. The Morgan fingerprint density at radius 3 is 3.29 bits per heavy atom. The maximum absolute atomic E-state index is 5.47. The van der Waals surface area contributed by atoms with E-state index in [0.717, 1.165) is 24.7 Å². The molecular formula is C8H13N3O2S. The van der Waals surface area contributed by atoms with Crippen molar-refractivity contribution in [3.8, 4) is 0 Å². The summed E-state index contributed by atoms with van der Waals surface area (Å²) in [6.45, 7) is 2.14. The van der Waals surface area contributed by atoms with Crippen molar-refractivity contribution < 1.29 is 9.47 Å². The highest BCUT2D eigenvalue weighted by Gasteiger charge is 2.34. The predicted molar refractivity (Wildman–Crippen MR) is 53.6 cm³/mol. The van der Waals surface area contributed by atoms with Crippen LogP contribution in [0.2, 0.25) is 0 Å². The zero-order chi connectivity index (χ0) is 9.86. The molecule has 0 bridgehead atoms. The Labute approximate surface area is 86.6 Å². The van der Waals surface area contributed by atoms with Crippen molar-refractivity contribution in [3.63, 3.8) is 0 Å². The van der Waals surface area contributed by atoms with Gasteiger partial charge in [0.15, 0.2) is 0 Å². The fourth-order valence-corrected chi connectivity index (χ4v) is 1.87. The van der Waals surface area contributed by atoms with Gasteiger partial charge in [-0.25, -0.2) is 4.98 Å². The number of ether oxygens (including phenoxy) is 2. The summed E-state index contributed by atoms with van der Waals surface area (Å²) in [4.78, 5) is 4.04. The maximum atomic E-state index is 5.47. The van der Waals surface area contributed by atoms with Crippen LogP contribution in [-0.2, 0) is 9.47 Å². The summed E-state index contributed by atoms with van der Waals surface area (Å²) in [5.41, 5.74) is -0.189. The number of nitrogens with zero attached hydrogens (tertiary/aromatic N) is 2. The van der Waals surface area contributed by atoms with E-state index in [1.54, 1.807) is 7.11 Å². The zero-order valence-electron chi connectivity index (χ0n) is 8.02. The number of methoxy groups -OCH3 is 1. The predicted octanol–water partition coefficient (Wildman–Crippen LogP) is 0.755. The Kier molecular flexibility index (Phi) is 2.95. The van der Waals surface area contributed by atoms with Gasteiger partial charge < -0.3 is 14.8 Å². The van der Waals surface area contributed by atoms with E-state index in [-0.39, 0.29) is 5.60 Å². The largest absolute Gasteiger partial charge is 0.378 e. The Bertz CT molecular complexity index is 272. The zero-order valence-corrected chi connectivity index (χ0v) is 8.84. The summed E-state index contributed by atoms with van der Waals surface area (Å²) in [7, 11) is 1.72. The third-order valence-electron chi connectivity index (χ3n) is 2.42. The lowest BCUT2D eigenvalue weighted by Gasteiger charge is -2.25. The van der Waals surface area contributed by atoms with Gasteiger partial charge in [-0.3, -0.25) is 0 Å². The normalized spacial score (nSPS) is 26.6. The summed E-state index contributed by atoms with van der Waals surface area (Å²) in [6, 6.07) is 0. The Morgan fingerprint density at radius 1 is 1.79 bits per heavy atom. The van der Waals surface area contributed by atoms with E-state index in [4.69, 9.17) is 9.47 Å². The molecule has 1 aromatic rings. The first-order chi connectivity index (χ1) is 6.85. The van der Waals surface area contributed by atoms with Crippen LogP contribution in [0.5, 0.6) is 0 Å². The van der Waals surface area contributed by atoms with E-state index in [1.807, 2.05) is 0 Å². The van der Waals surface area contributed by atoms with Crippen molar-refractivity contribution in [2.45, 2.75) is 12.0 Å². The minimum atomic E-state index is -0.189. The minimum absolute atomic E-state index is 0.189. The van der Waals surface area contributed by atoms with Crippen LogP contribution in [0.4, 0.5) is 5.13 Å². The van der Waals surface area contributed by atoms with Crippen LogP contribution in [0.3, 0.4) is 0 Å². The highest BCUT2D eigenvalue weighted by Crippen LogP contribution is 2.23. The van der Waals surface area contributed by atoms with Crippen molar-refractivity contribution >= 4 is 16.7 Å². The molecule has 0 saturated carbocycles. The number of rotatable bonds is 4. The van der Waals surface area contributed by atoms with E-state index in [1.165, 1.54) is 17.9 Å². The molecule has 2 rings (SSSR count). The van der Waals surface area contributed by atoms with Gasteiger partial charge in [-0.2, -0.15) is 4.37 Å². The fraction of sp³-hybridized carbons (Fsp3) is 0.750. The topological polar surface area (TPSA) is 56.3 Å². The monoisotopic (exact) mass is 215 g/mol. The van der Waals surface area contributed by atoms with Crippen molar-refractivity contribution in [2.24, 2.45) is 0 Å². The second kappa shape index (κ2) is 4.20. The first-order valence-electron chi connectivity index (χ1n) is 4.48. The summed E-state index contributed by atoms with van der Waals surface area (Å²) in [5, 5.41) is 4.03. The Hall–Kier alpha value is -0.720. The third kappa shape index (κ3) is 2.02. The molecule has 1 aliphatic rings. The number of nitrogens with one attached hydrogen (secondary N) is 1. The molecule has 6 heteroatoms. The van der Waals surface area contributed by atoms with Gasteiger partial charge in [0.05, 0.1) is 6.61 Å². The molecule has 1 unspecified atom stereocenters. The van der Waals surface area contributed by atoms with E-state index < -0.39 is 0 Å². The third-order valence-corrected chi connectivity index (χ3v) is 3.05. The first-order valence-corrected chi connectivity index (χ1v) is 5.25. The standard InChI is InChI=1S/C8H13N3O2S/c1-12-8(2-3-13-5-8)4-9-7-10-6-11-14-7/h6H,2-5H2,1H3,(H,9,10,11). The van der Waals surface area contributed by atoms with Crippen molar-refractivity contribution in [1.82, 2.24) is 9.36 Å². The van der Waals surface area contributed by atoms with Crippen molar-refractivity contribution in [1.29, 1.82) is 0 Å². The second-order valence-electron chi connectivity index (χ2n) is 3.29. The van der Waals surface area contributed by atoms with E-state index in [0.29, 0.717) is 6.61 Å². The number of hydrogen-bond donors (Lipinski definition) is 1. The molecule has 1 fully saturated rings. The fourth-order valence-electron chi connectivity index (χ4n) is 1.45. The number of hydrogen-bond acceptors (Lipinski definition) is 6. The summed E-state index contributed by atoms with van der Waals surface area (Å²) in [6.07, 6.45) is 2.47. The van der Waals surface area contributed by atoms with Gasteiger partial charge in [-0.05, 0) is 0 Å². The molecule has 1 aliphatic heterocycles. The van der Waals surface area contributed by atoms with Crippen LogP contribution in [0.1, 0.15) is 6.42 Å². The van der Waals surface area contributed by atoms with Crippen LogP contribution in [0, 0.1) is 0 Å². The molecule has 1 atom stereocenters. The van der Waals surface area contributed by atoms with Crippen molar-refractivity contribution in [3.05, 3.63) is 6.33 Å². The molecule has 1 aromatic heterocycles. The van der Waals surface area contributed by atoms with Crippen LogP contribution < -0.4 is 5.32 Å². The van der Waals surface area contributed by atoms with Gasteiger partial charge in [0, 0.05) is 38.2 Å². The molecule has 0 aromatic carbocycles. The van der Waals surface area contributed by atoms with Gasteiger partial charge >= 0.3 is 0 Å². The molecule has 2 heterocycles. The molecular weight excluding hydrogens is 202 g/mol. The van der Waals surface area contributed by atoms with Crippen LogP contribution in [0.25, 0.3) is 0 Å². The number of aromatic nitrogens is 2. The van der Waals surface area contributed by atoms with Crippen LogP contribution >= 0.6 is 11.5 Å².